The van der Waals surface area contributed by atoms with E-state index >= 15 is 0 Å². The molecule has 0 saturated heterocycles. The molecule has 1 amide bonds. The molecule has 0 saturated carbocycles. The Morgan fingerprint density at radius 1 is 1.13 bits per heavy atom. The number of aryl methyl sites for hydroxylation is 1. The summed E-state index contributed by atoms with van der Waals surface area (Å²) in [5.41, 5.74) is 2.47. The SMILES string of the molecule is CCOC(=O)C(Cc1ccccc1)N[C@@H](C)C(=O)N1c2ccccc2CC[C@H]1C(=O)O. The van der Waals surface area contributed by atoms with Crippen LogP contribution in [0.1, 0.15) is 31.4 Å². The predicted molar refractivity (Wildman–Crippen MR) is 117 cm³/mol. The van der Waals surface area contributed by atoms with E-state index in [2.05, 4.69) is 5.32 Å². The second-order valence-electron chi connectivity index (χ2n) is 7.61. The van der Waals surface area contributed by atoms with Gasteiger partial charge in [-0.3, -0.25) is 19.8 Å². The molecule has 2 N–H and O–H groups in total. The molecule has 3 atom stereocenters. The van der Waals surface area contributed by atoms with E-state index in [1.807, 2.05) is 42.5 Å². The number of carbonyl (C=O) groups is 3. The average molecular weight is 424 g/mol. The van der Waals surface area contributed by atoms with Crippen molar-refractivity contribution in [1.82, 2.24) is 5.32 Å². The van der Waals surface area contributed by atoms with Gasteiger partial charge in [-0.15, -0.1) is 0 Å². The van der Waals surface area contributed by atoms with Crippen LogP contribution in [-0.4, -0.2) is 47.7 Å². The third-order valence-electron chi connectivity index (χ3n) is 5.45. The maximum absolute atomic E-state index is 13.4. The van der Waals surface area contributed by atoms with E-state index in [1.165, 1.54) is 4.90 Å². The molecule has 0 aliphatic carbocycles. The lowest BCUT2D eigenvalue weighted by atomic mass is 9.94. The van der Waals surface area contributed by atoms with Gasteiger partial charge < -0.3 is 9.84 Å². The Balaban J connectivity index is 1.83. The van der Waals surface area contributed by atoms with Crippen molar-refractivity contribution in [3.8, 4) is 0 Å². The van der Waals surface area contributed by atoms with E-state index < -0.39 is 30.1 Å². The van der Waals surface area contributed by atoms with Crippen molar-refractivity contribution in [3.63, 3.8) is 0 Å². The zero-order valence-electron chi connectivity index (χ0n) is 17.8. The van der Waals surface area contributed by atoms with Crippen molar-refractivity contribution in [2.75, 3.05) is 11.5 Å². The van der Waals surface area contributed by atoms with Gasteiger partial charge in [0.05, 0.1) is 12.6 Å². The van der Waals surface area contributed by atoms with Crippen molar-refractivity contribution >= 4 is 23.5 Å². The number of hydrogen-bond donors (Lipinski definition) is 2. The molecule has 1 heterocycles. The Hall–Kier alpha value is -3.19. The maximum atomic E-state index is 13.4. The summed E-state index contributed by atoms with van der Waals surface area (Å²) in [6, 6.07) is 14.3. The zero-order valence-corrected chi connectivity index (χ0v) is 17.8. The van der Waals surface area contributed by atoms with Gasteiger partial charge in [0.2, 0.25) is 5.91 Å². The van der Waals surface area contributed by atoms with Gasteiger partial charge in [0.1, 0.15) is 12.1 Å². The van der Waals surface area contributed by atoms with Crippen molar-refractivity contribution in [3.05, 3.63) is 65.7 Å². The number of fused-ring (bicyclic) bond motifs is 1. The van der Waals surface area contributed by atoms with Gasteiger partial charge in [0.15, 0.2) is 0 Å². The Labute approximate surface area is 182 Å². The Morgan fingerprint density at radius 2 is 1.81 bits per heavy atom. The summed E-state index contributed by atoms with van der Waals surface area (Å²) in [5.74, 6) is -1.87. The Kier molecular flexibility index (Phi) is 7.41. The number of hydrogen-bond acceptors (Lipinski definition) is 5. The van der Waals surface area contributed by atoms with Gasteiger partial charge >= 0.3 is 11.9 Å². The molecule has 31 heavy (non-hydrogen) atoms. The molecular formula is C24H28N2O5. The molecule has 1 aliphatic rings. The van der Waals surface area contributed by atoms with Gasteiger partial charge in [-0.25, -0.2) is 4.79 Å². The van der Waals surface area contributed by atoms with Crippen LogP contribution in [0.4, 0.5) is 5.69 Å². The summed E-state index contributed by atoms with van der Waals surface area (Å²) >= 11 is 0. The molecule has 0 aromatic heterocycles. The molecule has 3 rings (SSSR count). The van der Waals surface area contributed by atoms with E-state index in [1.54, 1.807) is 26.0 Å². The summed E-state index contributed by atoms with van der Waals surface area (Å²) in [6.45, 7) is 3.61. The van der Waals surface area contributed by atoms with E-state index in [-0.39, 0.29) is 12.5 Å². The fourth-order valence-electron chi connectivity index (χ4n) is 3.94. The van der Waals surface area contributed by atoms with Crippen LogP contribution in [0.25, 0.3) is 0 Å². The molecule has 2 aromatic rings. The number of esters is 1. The van der Waals surface area contributed by atoms with E-state index in [4.69, 9.17) is 4.74 Å². The number of ether oxygens (including phenoxy) is 1. The molecule has 1 unspecified atom stereocenters. The number of rotatable bonds is 8. The first-order chi connectivity index (χ1) is 14.9. The maximum Gasteiger partial charge on any atom is 0.326 e. The number of benzene rings is 2. The Morgan fingerprint density at radius 3 is 2.48 bits per heavy atom. The molecule has 0 spiro atoms. The van der Waals surface area contributed by atoms with Crippen LogP contribution >= 0.6 is 0 Å². The molecule has 0 fully saturated rings. The van der Waals surface area contributed by atoms with Crippen LogP contribution in [0.3, 0.4) is 0 Å². The van der Waals surface area contributed by atoms with Crippen LogP contribution in [0.2, 0.25) is 0 Å². The van der Waals surface area contributed by atoms with Gasteiger partial charge in [-0.2, -0.15) is 0 Å². The van der Waals surface area contributed by atoms with Crippen LogP contribution in [0.15, 0.2) is 54.6 Å². The smallest absolute Gasteiger partial charge is 0.326 e. The van der Waals surface area contributed by atoms with Crippen LogP contribution in [0, 0.1) is 0 Å². The zero-order chi connectivity index (χ0) is 22.4. The lowest BCUT2D eigenvalue weighted by Gasteiger charge is -2.37. The number of carbonyl (C=O) groups excluding carboxylic acids is 2. The fourth-order valence-corrected chi connectivity index (χ4v) is 3.94. The highest BCUT2D eigenvalue weighted by Crippen LogP contribution is 2.31. The highest BCUT2D eigenvalue weighted by Gasteiger charge is 2.38. The number of anilines is 1. The minimum absolute atomic E-state index is 0.231. The molecule has 7 heteroatoms. The first-order valence-electron chi connectivity index (χ1n) is 10.5. The lowest BCUT2D eigenvalue weighted by molar-refractivity contribution is -0.146. The highest BCUT2D eigenvalue weighted by molar-refractivity contribution is 6.03. The minimum atomic E-state index is -1.04. The summed E-state index contributed by atoms with van der Waals surface area (Å²) in [6.07, 6.45) is 1.30. The number of nitrogens with zero attached hydrogens (tertiary/aromatic N) is 1. The summed E-state index contributed by atoms with van der Waals surface area (Å²) in [4.78, 5) is 39.2. The van der Waals surface area contributed by atoms with Crippen LogP contribution < -0.4 is 10.2 Å². The standard InChI is InChI=1S/C24H28N2O5/c1-3-31-24(30)19(15-17-9-5-4-6-10-17)25-16(2)22(27)26-20-12-8-7-11-18(20)13-14-21(26)23(28)29/h4-12,16,19,21,25H,3,13-15H2,1-2H3,(H,28,29)/t16-,19?,21-/m0/s1. The quantitative estimate of drug-likeness (QED) is 0.633. The van der Waals surface area contributed by atoms with Gasteiger partial charge in [-0.1, -0.05) is 48.5 Å². The summed E-state index contributed by atoms with van der Waals surface area (Å²) < 4.78 is 5.20. The number of carboxylic acids is 1. The average Bonchev–Trinajstić information content (AvgIpc) is 2.78. The second-order valence-corrected chi connectivity index (χ2v) is 7.61. The normalized spacial score (nSPS) is 17.4. The van der Waals surface area contributed by atoms with Crippen LogP contribution in [0.5, 0.6) is 0 Å². The molecule has 2 aromatic carbocycles. The number of carboxylic acid groups (broad SMARTS) is 1. The van der Waals surface area contributed by atoms with Gasteiger partial charge in [0.25, 0.3) is 0 Å². The van der Waals surface area contributed by atoms with Crippen molar-refractivity contribution in [2.24, 2.45) is 0 Å². The largest absolute Gasteiger partial charge is 0.480 e. The number of nitrogens with one attached hydrogen (secondary N) is 1. The van der Waals surface area contributed by atoms with Gasteiger partial charge in [0, 0.05) is 5.69 Å². The lowest BCUT2D eigenvalue weighted by Crippen LogP contribution is -2.57. The number of aliphatic carboxylic acids is 1. The molecular weight excluding hydrogens is 396 g/mol. The molecule has 7 nitrogen and oxygen atoms in total. The molecule has 1 aliphatic heterocycles. The van der Waals surface area contributed by atoms with E-state index in [0.29, 0.717) is 24.9 Å². The third-order valence-corrected chi connectivity index (χ3v) is 5.45. The highest BCUT2D eigenvalue weighted by atomic mass is 16.5. The topological polar surface area (TPSA) is 95.9 Å². The first-order valence-corrected chi connectivity index (χ1v) is 10.5. The van der Waals surface area contributed by atoms with Crippen LogP contribution in [-0.2, 0) is 32.0 Å². The van der Waals surface area contributed by atoms with E-state index in [0.717, 1.165) is 11.1 Å². The second kappa shape index (κ2) is 10.2. The van der Waals surface area contributed by atoms with Gasteiger partial charge in [-0.05, 0) is 50.3 Å². The van der Waals surface area contributed by atoms with Crippen molar-refractivity contribution < 1.29 is 24.2 Å². The van der Waals surface area contributed by atoms with Crippen molar-refractivity contribution in [1.29, 1.82) is 0 Å². The van der Waals surface area contributed by atoms with E-state index in [9.17, 15) is 19.5 Å². The fraction of sp³-hybridized carbons (Fsp3) is 0.375. The monoisotopic (exact) mass is 424 g/mol. The van der Waals surface area contributed by atoms with Crippen molar-refractivity contribution in [2.45, 2.75) is 51.2 Å². The third kappa shape index (κ3) is 5.30. The summed E-state index contributed by atoms with van der Waals surface area (Å²) in [5, 5.41) is 12.8. The Bertz CT molecular complexity index is 931. The summed E-state index contributed by atoms with van der Waals surface area (Å²) in [7, 11) is 0. The number of amides is 1. The molecule has 164 valence electrons. The molecule has 0 bridgehead atoms. The number of para-hydroxylation sites is 1. The minimum Gasteiger partial charge on any atom is -0.480 e. The first kappa shape index (κ1) is 22.5. The molecule has 0 radical (unpaired) electrons. The predicted octanol–water partition coefficient (Wildman–Crippen LogP) is 2.57.